The van der Waals surface area contributed by atoms with E-state index in [0.717, 1.165) is 0 Å². The first-order valence-electron chi connectivity index (χ1n) is 6.11. The molecule has 1 nitrogen and oxygen atoms in total. The second kappa shape index (κ2) is 3.97. The van der Waals surface area contributed by atoms with Crippen molar-refractivity contribution in [2.45, 2.75) is 39.5 Å². The maximum Gasteiger partial charge on any atom is 0.0279 e. The lowest BCUT2D eigenvalue weighted by Gasteiger charge is -2.12. The minimum absolute atomic E-state index is 0.572. The summed E-state index contributed by atoms with van der Waals surface area (Å²) in [6, 6.07) is 8.77. The van der Waals surface area contributed by atoms with Gasteiger partial charge in [-0.2, -0.15) is 0 Å². The van der Waals surface area contributed by atoms with Gasteiger partial charge < -0.3 is 4.57 Å². The van der Waals surface area contributed by atoms with Gasteiger partial charge in [0.2, 0.25) is 0 Å². The summed E-state index contributed by atoms with van der Waals surface area (Å²) in [5.74, 6) is 1.14. The highest BCUT2D eigenvalue weighted by Gasteiger charge is 2.17. The minimum Gasteiger partial charge on any atom is -0.350 e. The van der Waals surface area contributed by atoms with Gasteiger partial charge in [-0.15, -0.1) is 0 Å². The molecule has 0 atom stereocenters. The van der Waals surface area contributed by atoms with Crippen molar-refractivity contribution >= 4 is 10.8 Å². The Balaban J connectivity index is 2.86. The van der Waals surface area contributed by atoms with Crippen LogP contribution in [0.1, 0.15) is 50.9 Å². The highest BCUT2D eigenvalue weighted by molar-refractivity contribution is 5.89. The number of hydrogen-bond donors (Lipinski definition) is 0. The standard InChI is InChI=1S/C15H21N/c1-10(2)14-12-8-6-7-9-13(12)15(11(3)4)16(14)5/h6-11H,1-5H3. The van der Waals surface area contributed by atoms with Crippen LogP contribution in [0.3, 0.4) is 0 Å². The molecular weight excluding hydrogens is 194 g/mol. The lowest BCUT2D eigenvalue weighted by Crippen LogP contribution is -2.03. The highest BCUT2D eigenvalue weighted by Crippen LogP contribution is 2.33. The summed E-state index contributed by atoms with van der Waals surface area (Å²) in [5, 5.41) is 2.84. The Morgan fingerprint density at radius 2 is 1.19 bits per heavy atom. The molecule has 86 valence electrons. The van der Waals surface area contributed by atoms with Crippen LogP contribution < -0.4 is 0 Å². The molecule has 0 bridgehead atoms. The molecule has 0 spiro atoms. The van der Waals surface area contributed by atoms with Gasteiger partial charge in [0.1, 0.15) is 0 Å². The molecule has 0 amide bonds. The van der Waals surface area contributed by atoms with E-state index in [9.17, 15) is 0 Å². The Bertz CT molecular complexity index is 458. The fourth-order valence-electron chi connectivity index (χ4n) is 2.82. The molecule has 1 aromatic carbocycles. The topological polar surface area (TPSA) is 4.93 Å². The van der Waals surface area contributed by atoms with Crippen molar-refractivity contribution in [3.05, 3.63) is 35.7 Å². The van der Waals surface area contributed by atoms with Gasteiger partial charge in [-0.1, -0.05) is 52.0 Å². The lowest BCUT2D eigenvalue weighted by molar-refractivity contribution is 0.684. The van der Waals surface area contributed by atoms with E-state index in [4.69, 9.17) is 0 Å². The normalized spacial score (nSPS) is 11.9. The van der Waals surface area contributed by atoms with E-state index in [1.54, 1.807) is 0 Å². The van der Waals surface area contributed by atoms with Crippen LogP contribution in [0.4, 0.5) is 0 Å². The van der Waals surface area contributed by atoms with Gasteiger partial charge in [-0.3, -0.25) is 0 Å². The van der Waals surface area contributed by atoms with Crippen LogP contribution in [-0.4, -0.2) is 4.57 Å². The van der Waals surface area contributed by atoms with Gasteiger partial charge in [-0.25, -0.2) is 0 Å². The van der Waals surface area contributed by atoms with Gasteiger partial charge in [0.25, 0.3) is 0 Å². The van der Waals surface area contributed by atoms with Crippen molar-refractivity contribution in [3.63, 3.8) is 0 Å². The van der Waals surface area contributed by atoms with Crippen molar-refractivity contribution in [1.82, 2.24) is 4.57 Å². The third-order valence-electron chi connectivity index (χ3n) is 3.30. The Kier molecular flexibility index (Phi) is 2.79. The highest BCUT2D eigenvalue weighted by atomic mass is 15.0. The summed E-state index contributed by atoms with van der Waals surface area (Å²) in [7, 11) is 2.20. The smallest absolute Gasteiger partial charge is 0.0279 e. The third-order valence-corrected chi connectivity index (χ3v) is 3.30. The van der Waals surface area contributed by atoms with Gasteiger partial charge in [0, 0.05) is 29.2 Å². The lowest BCUT2D eigenvalue weighted by atomic mass is 10.0. The molecule has 1 heteroatoms. The quantitative estimate of drug-likeness (QED) is 0.698. The molecule has 0 aliphatic carbocycles. The first-order chi connectivity index (χ1) is 7.54. The van der Waals surface area contributed by atoms with Gasteiger partial charge in [0.05, 0.1) is 0 Å². The number of aromatic nitrogens is 1. The average molecular weight is 215 g/mol. The van der Waals surface area contributed by atoms with Crippen LogP contribution >= 0.6 is 0 Å². The molecule has 1 heterocycles. The molecule has 0 saturated heterocycles. The molecule has 0 fully saturated rings. The van der Waals surface area contributed by atoms with E-state index < -0.39 is 0 Å². The molecule has 2 aromatic rings. The molecule has 0 saturated carbocycles. The summed E-state index contributed by atoms with van der Waals surface area (Å²) in [4.78, 5) is 0. The van der Waals surface area contributed by atoms with E-state index in [-0.39, 0.29) is 0 Å². The van der Waals surface area contributed by atoms with Crippen LogP contribution in [0, 0.1) is 0 Å². The largest absolute Gasteiger partial charge is 0.350 e. The molecular formula is C15H21N. The SMILES string of the molecule is CC(C)c1c2ccccc2c(C(C)C)n1C. The van der Waals surface area contributed by atoms with Crippen LogP contribution in [0.15, 0.2) is 24.3 Å². The first-order valence-corrected chi connectivity index (χ1v) is 6.11. The zero-order chi connectivity index (χ0) is 11.9. The Labute approximate surface area is 98.1 Å². The van der Waals surface area contributed by atoms with E-state index in [0.29, 0.717) is 11.8 Å². The number of rotatable bonds is 2. The molecule has 16 heavy (non-hydrogen) atoms. The molecule has 0 aliphatic heterocycles. The van der Waals surface area contributed by atoms with Crippen LogP contribution in [0.25, 0.3) is 10.8 Å². The fourth-order valence-corrected chi connectivity index (χ4v) is 2.82. The third kappa shape index (κ3) is 1.55. The maximum atomic E-state index is 2.39. The number of hydrogen-bond acceptors (Lipinski definition) is 0. The summed E-state index contributed by atoms with van der Waals surface area (Å²) >= 11 is 0. The predicted molar refractivity (Wildman–Crippen MR) is 71.1 cm³/mol. The van der Waals surface area contributed by atoms with Gasteiger partial charge in [0.15, 0.2) is 0 Å². The molecule has 1 aromatic heterocycles. The van der Waals surface area contributed by atoms with Crippen molar-refractivity contribution in [2.24, 2.45) is 7.05 Å². The first kappa shape index (κ1) is 11.3. The van der Waals surface area contributed by atoms with Crippen molar-refractivity contribution < 1.29 is 0 Å². The van der Waals surface area contributed by atoms with E-state index in [2.05, 4.69) is 63.6 Å². The minimum atomic E-state index is 0.572. The van der Waals surface area contributed by atoms with E-state index in [1.165, 1.54) is 22.2 Å². The van der Waals surface area contributed by atoms with Crippen molar-refractivity contribution in [3.8, 4) is 0 Å². The summed E-state index contributed by atoms with van der Waals surface area (Å²) in [6.07, 6.45) is 0. The van der Waals surface area contributed by atoms with Crippen LogP contribution in [-0.2, 0) is 7.05 Å². The van der Waals surface area contributed by atoms with E-state index in [1.807, 2.05) is 0 Å². The summed E-state index contributed by atoms with van der Waals surface area (Å²) in [6.45, 7) is 9.08. The Morgan fingerprint density at radius 3 is 1.50 bits per heavy atom. The van der Waals surface area contributed by atoms with Crippen LogP contribution in [0.2, 0.25) is 0 Å². The summed E-state index contributed by atoms with van der Waals surface area (Å²) < 4.78 is 2.39. The number of fused-ring (bicyclic) bond motifs is 1. The number of nitrogens with zero attached hydrogens (tertiary/aromatic N) is 1. The predicted octanol–water partition coefficient (Wildman–Crippen LogP) is 4.43. The van der Waals surface area contributed by atoms with Gasteiger partial charge in [-0.05, 0) is 11.8 Å². The van der Waals surface area contributed by atoms with Crippen molar-refractivity contribution in [2.75, 3.05) is 0 Å². The molecule has 0 radical (unpaired) electrons. The Hall–Kier alpha value is -1.24. The zero-order valence-corrected chi connectivity index (χ0v) is 10.9. The number of benzene rings is 1. The monoisotopic (exact) mass is 215 g/mol. The summed E-state index contributed by atoms with van der Waals surface area (Å²) in [5.41, 5.74) is 2.92. The average Bonchev–Trinajstić information content (AvgIpc) is 2.49. The molecule has 2 rings (SSSR count). The Morgan fingerprint density at radius 1 is 0.812 bits per heavy atom. The van der Waals surface area contributed by atoms with Crippen molar-refractivity contribution in [1.29, 1.82) is 0 Å². The second-order valence-electron chi connectivity index (χ2n) is 5.18. The van der Waals surface area contributed by atoms with Crippen LogP contribution in [0.5, 0.6) is 0 Å². The maximum absolute atomic E-state index is 2.39. The van der Waals surface area contributed by atoms with Gasteiger partial charge >= 0.3 is 0 Å². The zero-order valence-electron chi connectivity index (χ0n) is 10.9. The molecule has 0 N–H and O–H groups in total. The fraction of sp³-hybridized carbons (Fsp3) is 0.467. The molecule has 0 unspecified atom stereocenters. The second-order valence-corrected chi connectivity index (χ2v) is 5.18. The molecule has 0 aliphatic rings. The van der Waals surface area contributed by atoms with E-state index >= 15 is 0 Å².